The fourth-order valence-corrected chi connectivity index (χ4v) is 4.10. The summed E-state index contributed by atoms with van der Waals surface area (Å²) < 4.78 is 3.51. The Morgan fingerprint density at radius 3 is 2.70 bits per heavy atom. The second kappa shape index (κ2) is 6.00. The highest BCUT2D eigenvalue weighted by Gasteiger charge is 2.29. The third-order valence-electron chi connectivity index (χ3n) is 4.71. The highest BCUT2D eigenvalue weighted by atomic mass is 32.1. The lowest BCUT2D eigenvalue weighted by Gasteiger charge is -2.36. The van der Waals surface area contributed by atoms with E-state index >= 15 is 0 Å². The van der Waals surface area contributed by atoms with Crippen LogP contribution in [-0.4, -0.2) is 54.3 Å². The molecule has 9 heteroatoms. The van der Waals surface area contributed by atoms with Crippen molar-refractivity contribution in [2.75, 3.05) is 13.1 Å². The van der Waals surface area contributed by atoms with Gasteiger partial charge in [0.15, 0.2) is 5.65 Å². The summed E-state index contributed by atoms with van der Waals surface area (Å²) in [5.41, 5.74) is 10.3. The summed E-state index contributed by atoms with van der Waals surface area (Å²) in [7, 11) is 1.88. The first-order valence-electron chi connectivity index (χ1n) is 8.54. The summed E-state index contributed by atoms with van der Waals surface area (Å²) in [4.78, 5) is 19.5. The maximum absolute atomic E-state index is 12.5. The van der Waals surface area contributed by atoms with E-state index in [9.17, 15) is 4.79 Å². The molecule has 0 aliphatic carbocycles. The summed E-state index contributed by atoms with van der Waals surface area (Å²) in [5.74, 6) is 0.0382. The second-order valence-corrected chi connectivity index (χ2v) is 7.65. The maximum Gasteiger partial charge on any atom is 0.264 e. The Labute approximate surface area is 158 Å². The van der Waals surface area contributed by atoms with Crippen LogP contribution in [0.1, 0.15) is 9.67 Å². The van der Waals surface area contributed by atoms with Gasteiger partial charge in [-0.25, -0.2) is 9.50 Å². The lowest BCUT2D eigenvalue weighted by atomic mass is 10.1. The van der Waals surface area contributed by atoms with Crippen LogP contribution in [0.15, 0.2) is 42.4 Å². The number of likely N-dealkylation sites (tertiary alicyclic amines) is 1. The summed E-state index contributed by atoms with van der Waals surface area (Å²) in [6.45, 7) is 1.25. The molecule has 1 aliphatic heterocycles. The zero-order valence-corrected chi connectivity index (χ0v) is 15.4. The minimum absolute atomic E-state index is 0.0382. The largest absolute Gasteiger partial charge is 0.335 e. The molecule has 5 heterocycles. The van der Waals surface area contributed by atoms with Gasteiger partial charge in [-0.05, 0) is 17.0 Å². The lowest BCUT2D eigenvalue weighted by Crippen LogP contribution is -2.57. The van der Waals surface area contributed by atoms with Crippen LogP contribution in [0.2, 0.25) is 0 Å². The maximum atomic E-state index is 12.5. The fourth-order valence-electron chi connectivity index (χ4n) is 3.22. The molecule has 1 amide bonds. The smallest absolute Gasteiger partial charge is 0.264 e. The predicted molar refractivity (Wildman–Crippen MR) is 102 cm³/mol. The zero-order valence-electron chi connectivity index (χ0n) is 14.6. The van der Waals surface area contributed by atoms with E-state index in [1.54, 1.807) is 26.5 Å². The number of hydrogen-bond donors (Lipinski definition) is 1. The fraction of sp³-hybridized carbons (Fsp3) is 0.222. The highest BCUT2D eigenvalue weighted by molar-refractivity contribution is 7.12. The normalized spacial score (nSPS) is 14.7. The van der Waals surface area contributed by atoms with Crippen molar-refractivity contribution in [1.29, 1.82) is 0 Å². The van der Waals surface area contributed by atoms with Crippen molar-refractivity contribution in [3.8, 4) is 22.3 Å². The molecule has 4 aromatic rings. The van der Waals surface area contributed by atoms with E-state index in [4.69, 9.17) is 5.73 Å². The van der Waals surface area contributed by atoms with Gasteiger partial charge < -0.3 is 10.6 Å². The van der Waals surface area contributed by atoms with Crippen LogP contribution in [-0.2, 0) is 7.05 Å². The van der Waals surface area contributed by atoms with Crippen molar-refractivity contribution in [1.82, 2.24) is 29.3 Å². The molecule has 0 spiro atoms. The number of hydrogen-bond acceptors (Lipinski definition) is 6. The molecule has 27 heavy (non-hydrogen) atoms. The van der Waals surface area contributed by atoms with Crippen LogP contribution in [0, 0.1) is 0 Å². The van der Waals surface area contributed by atoms with Crippen molar-refractivity contribution in [2.24, 2.45) is 12.8 Å². The first kappa shape index (κ1) is 16.2. The number of nitrogens with two attached hydrogens (primary N) is 1. The van der Waals surface area contributed by atoms with Crippen molar-refractivity contribution < 1.29 is 4.79 Å². The first-order chi connectivity index (χ1) is 13.1. The number of amides is 1. The molecule has 1 fully saturated rings. The SMILES string of the molecule is Cn1cc(-c2cnc3c(-c4csc(C(=O)N5CC(N)C5)c4)cnn3c2)cn1. The number of aromatic nitrogens is 5. The molecule has 136 valence electrons. The van der Waals surface area contributed by atoms with Crippen molar-refractivity contribution >= 4 is 22.9 Å². The minimum atomic E-state index is 0.0382. The van der Waals surface area contributed by atoms with E-state index in [0.717, 1.165) is 27.9 Å². The summed E-state index contributed by atoms with van der Waals surface area (Å²) >= 11 is 1.44. The lowest BCUT2D eigenvalue weighted by molar-refractivity contribution is 0.0613. The Hall–Kier alpha value is -3.04. The Kier molecular flexibility index (Phi) is 3.59. The highest BCUT2D eigenvalue weighted by Crippen LogP contribution is 2.30. The Balaban J connectivity index is 1.46. The van der Waals surface area contributed by atoms with E-state index < -0.39 is 0 Å². The quantitative estimate of drug-likeness (QED) is 0.584. The second-order valence-electron chi connectivity index (χ2n) is 6.74. The number of rotatable bonds is 3. The number of carbonyl (C=O) groups is 1. The van der Waals surface area contributed by atoms with E-state index in [0.29, 0.717) is 18.0 Å². The van der Waals surface area contributed by atoms with E-state index in [-0.39, 0.29) is 11.9 Å². The van der Waals surface area contributed by atoms with E-state index in [1.165, 1.54) is 11.3 Å². The molecule has 0 radical (unpaired) electrons. The van der Waals surface area contributed by atoms with Gasteiger partial charge >= 0.3 is 0 Å². The van der Waals surface area contributed by atoms with Gasteiger partial charge in [0.05, 0.1) is 17.3 Å². The van der Waals surface area contributed by atoms with Crippen molar-refractivity contribution in [3.63, 3.8) is 0 Å². The molecule has 0 bridgehead atoms. The topological polar surface area (TPSA) is 94.3 Å². The molecule has 0 aromatic carbocycles. The monoisotopic (exact) mass is 379 g/mol. The van der Waals surface area contributed by atoms with Crippen LogP contribution in [0.4, 0.5) is 0 Å². The number of fused-ring (bicyclic) bond motifs is 1. The van der Waals surface area contributed by atoms with E-state index in [2.05, 4.69) is 15.2 Å². The standard InChI is InChI=1S/C18H17N7OS/c1-23-6-13(4-21-23)12-3-20-17-15(5-22-25(17)7-12)11-2-16(27-10-11)18(26)24-8-14(19)9-24/h2-7,10,14H,8-9,19H2,1H3. The van der Waals surface area contributed by atoms with Crippen molar-refractivity contribution in [2.45, 2.75) is 6.04 Å². The molecule has 0 atom stereocenters. The van der Waals surface area contributed by atoms with Crippen LogP contribution >= 0.6 is 11.3 Å². The number of aryl methyl sites for hydroxylation is 1. The third-order valence-corrected chi connectivity index (χ3v) is 5.63. The average molecular weight is 379 g/mol. The zero-order chi connectivity index (χ0) is 18.5. The van der Waals surface area contributed by atoms with Crippen LogP contribution in [0.3, 0.4) is 0 Å². The average Bonchev–Trinajstić information content (AvgIpc) is 3.36. The molecular weight excluding hydrogens is 362 g/mol. The van der Waals surface area contributed by atoms with Crippen LogP contribution in [0.25, 0.3) is 27.9 Å². The van der Waals surface area contributed by atoms with Gasteiger partial charge in [-0.15, -0.1) is 11.3 Å². The third kappa shape index (κ3) is 2.71. The molecule has 1 saturated heterocycles. The molecule has 4 aromatic heterocycles. The van der Waals surface area contributed by atoms with E-state index in [1.807, 2.05) is 37.1 Å². The van der Waals surface area contributed by atoms with Gasteiger partial charge in [0.2, 0.25) is 0 Å². The Bertz CT molecular complexity index is 1150. The van der Waals surface area contributed by atoms with Gasteiger partial charge in [0.25, 0.3) is 5.91 Å². The molecule has 1 aliphatic rings. The molecule has 8 nitrogen and oxygen atoms in total. The Morgan fingerprint density at radius 2 is 1.96 bits per heavy atom. The number of nitrogens with zero attached hydrogens (tertiary/aromatic N) is 6. The number of carbonyl (C=O) groups excluding carboxylic acids is 1. The van der Waals surface area contributed by atoms with Gasteiger partial charge in [0, 0.05) is 61.5 Å². The van der Waals surface area contributed by atoms with Gasteiger partial charge in [-0.3, -0.25) is 9.48 Å². The summed E-state index contributed by atoms with van der Waals surface area (Å²) in [5, 5.41) is 10.6. The predicted octanol–water partition coefficient (Wildman–Crippen LogP) is 1.64. The molecule has 0 unspecified atom stereocenters. The van der Waals surface area contributed by atoms with Crippen molar-refractivity contribution in [3.05, 3.63) is 47.3 Å². The van der Waals surface area contributed by atoms with Gasteiger partial charge in [-0.1, -0.05) is 0 Å². The molecular formula is C18H17N7OS. The molecule has 2 N–H and O–H groups in total. The molecule has 0 saturated carbocycles. The Morgan fingerprint density at radius 1 is 1.15 bits per heavy atom. The summed E-state index contributed by atoms with van der Waals surface area (Å²) in [6, 6.07) is 2.01. The van der Waals surface area contributed by atoms with Crippen LogP contribution in [0.5, 0.6) is 0 Å². The van der Waals surface area contributed by atoms with Crippen LogP contribution < -0.4 is 5.73 Å². The first-order valence-corrected chi connectivity index (χ1v) is 9.42. The van der Waals surface area contributed by atoms with Gasteiger partial charge in [-0.2, -0.15) is 10.2 Å². The summed E-state index contributed by atoms with van der Waals surface area (Å²) in [6.07, 6.45) is 9.27. The molecule has 5 rings (SSSR count). The number of thiophene rings is 1. The minimum Gasteiger partial charge on any atom is -0.335 e. The van der Waals surface area contributed by atoms with Gasteiger partial charge in [0.1, 0.15) is 0 Å².